The highest BCUT2D eigenvalue weighted by Crippen LogP contribution is 2.04. The maximum atomic E-state index is 11.1. The van der Waals surface area contributed by atoms with Crippen molar-refractivity contribution in [1.82, 2.24) is 0 Å². The molecule has 0 aromatic heterocycles. The largest absolute Gasteiger partial charge is 0.461 e. The Morgan fingerprint density at radius 1 is 1.06 bits per heavy atom. The summed E-state index contributed by atoms with van der Waals surface area (Å²) in [7, 11) is 0. The Balaban J connectivity index is 3.11. The molecule has 0 aliphatic carbocycles. The van der Waals surface area contributed by atoms with E-state index in [4.69, 9.17) is 9.47 Å². The van der Waals surface area contributed by atoms with Gasteiger partial charge in [0, 0.05) is 6.61 Å². The lowest BCUT2D eigenvalue weighted by molar-refractivity contribution is -0.152. The first-order chi connectivity index (χ1) is 7.66. The Morgan fingerprint density at radius 3 is 2.31 bits per heavy atom. The molecular formula is C13H26O3. The molecule has 3 heteroatoms. The highest BCUT2D eigenvalue weighted by molar-refractivity contribution is 5.70. The Labute approximate surface area is 99.5 Å². The monoisotopic (exact) mass is 230 g/mol. The second-order valence-electron chi connectivity index (χ2n) is 4.36. The second kappa shape index (κ2) is 10.9. The average molecular weight is 230 g/mol. The summed E-state index contributed by atoms with van der Waals surface area (Å²) in [5.74, 6) is -0.263. The van der Waals surface area contributed by atoms with E-state index < -0.39 is 0 Å². The minimum atomic E-state index is -0.263. The fraction of sp³-hybridized carbons (Fsp3) is 0.923. The van der Waals surface area contributed by atoms with Crippen LogP contribution in [0.1, 0.15) is 59.3 Å². The van der Waals surface area contributed by atoms with E-state index in [-0.39, 0.29) is 18.7 Å². The SMILES string of the molecule is CCCCCCCCOCC(=O)OC(C)C. The minimum absolute atomic E-state index is 0.0508. The molecule has 0 saturated carbocycles. The molecule has 0 aliphatic heterocycles. The van der Waals surface area contributed by atoms with E-state index in [1.165, 1.54) is 32.1 Å². The van der Waals surface area contributed by atoms with E-state index >= 15 is 0 Å². The van der Waals surface area contributed by atoms with Crippen LogP contribution < -0.4 is 0 Å². The highest BCUT2D eigenvalue weighted by atomic mass is 16.6. The molecule has 0 spiro atoms. The van der Waals surface area contributed by atoms with E-state index in [2.05, 4.69) is 6.92 Å². The van der Waals surface area contributed by atoms with Gasteiger partial charge in [-0.25, -0.2) is 4.79 Å². The molecule has 0 radical (unpaired) electrons. The van der Waals surface area contributed by atoms with E-state index in [0.29, 0.717) is 6.61 Å². The Hall–Kier alpha value is -0.570. The molecule has 0 amide bonds. The van der Waals surface area contributed by atoms with Gasteiger partial charge in [0.2, 0.25) is 0 Å². The summed E-state index contributed by atoms with van der Waals surface area (Å²) < 4.78 is 10.2. The zero-order chi connectivity index (χ0) is 12.2. The smallest absolute Gasteiger partial charge is 0.332 e. The molecule has 16 heavy (non-hydrogen) atoms. The molecule has 0 N–H and O–H groups in total. The number of hydrogen-bond acceptors (Lipinski definition) is 3. The fourth-order valence-electron chi connectivity index (χ4n) is 1.44. The number of carbonyl (C=O) groups is 1. The van der Waals surface area contributed by atoms with Crippen molar-refractivity contribution in [2.45, 2.75) is 65.4 Å². The van der Waals surface area contributed by atoms with Crippen molar-refractivity contribution < 1.29 is 14.3 Å². The Kier molecular flexibility index (Phi) is 10.5. The topological polar surface area (TPSA) is 35.5 Å². The normalized spacial score (nSPS) is 10.8. The van der Waals surface area contributed by atoms with Crippen molar-refractivity contribution in [2.24, 2.45) is 0 Å². The van der Waals surface area contributed by atoms with E-state index in [0.717, 1.165) is 6.42 Å². The molecular weight excluding hydrogens is 204 g/mol. The molecule has 0 atom stereocenters. The maximum absolute atomic E-state index is 11.1. The van der Waals surface area contributed by atoms with Crippen LogP contribution in [0, 0.1) is 0 Å². The predicted octanol–water partition coefficient (Wildman–Crippen LogP) is 3.32. The third kappa shape index (κ3) is 11.5. The van der Waals surface area contributed by atoms with Crippen molar-refractivity contribution >= 4 is 5.97 Å². The lowest BCUT2D eigenvalue weighted by atomic mass is 10.1. The Bertz CT molecular complexity index is 167. The molecule has 0 aromatic carbocycles. The van der Waals surface area contributed by atoms with Gasteiger partial charge in [-0.05, 0) is 20.3 Å². The molecule has 0 saturated heterocycles. The van der Waals surface area contributed by atoms with Gasteiger partial charge in [0.15, 0.2) is 0 Å². The number of hydrogen-bond donors (Lipinski definition) is 0. The van der Waals surface area contributed by atoms with Gasteiger partial charge in [0.25, 0.3) is 0 Å². The molecule has 0 aromatic rings. The number of ether oxygens (including phenoxy) is 2. The van der Waals surface area contributed by atoms with Crippen LogP contribution in [0.2, 0.25) is 0 Å². The lowest BCUT2D eigenvalue weighted by Gasteiger charge is -2.08. The third-order valence-corrected chi connectivity index (χ3v) is 2.23. The number of rotatable bonds is 10. The minimum Gasteiger partial charge on any atom is -0.461 e. The zero-order valence-corrected chi connectivity index (χ0v) is 11.0. The van der Waals surface area contributed by atoms with Gasteiger partial charge >= 0.3 is 5.97 Å². The van der Waals surface area contributed by atoms with Crippen molar-refractivity contribution in [3.63, 3.8) is 0 Å². The highest BCUT2D eigenvalue weighted by Gasteiger charge is 2.04. The number of esters is 1. The lowest BCUT2D eigenvalue weighted by Crippen LogP contribution is -2.17. The van der Waals surface area contributed by atoms with Gasteiger partial charge in [0.05, 0.1) is 6.10 Å². The summed E-state index contributed by atoms with van der Waals surface area (Å²) in [5, 5.41) is 0. The quantitative estimate of drug-likeness (QED) is 0.426. The molecule has 0 bridgehead atoms. The summed E-state index contributed by atoms with van der Waals surface area (Å²) in [4.78, 5) is 11.1. The van der Waals surface area contributed by atoms with Gasteiger partial charge in [-0.1, -0.05) is 39.0 Å². The summed E-state index contributed by atoms with van der Waals surface area (Å²) in [6.07, 6.45) is 7.36. The standard InChI is InChI=1S/C13H26O3/c1-4-5-6-7-8-9-10-15-11-13(14)16-12(2)3/h12H,4-11H2,1-3H3. The van der Waals surface area contributed by atoms with Crippen molar-refractivity contribution in [3.8, 4) is 0 Å². The van der Waals surface area contributed by atoms with Crippen LogP contribution in [-0.2, 0) is 14.3 Å². The second-order valence-corrected chi connectivity index (χ2v) is 4.36. The molecule has 3 nitrogen and oxygen atoms in total. The van der Waals surface area contributed by atoms with Crippen molar-refractivity contribution in [1.29, 1.82) is 0 Å². The van der Waals surface area contributed by atoms with Gasteiger partial charge in [-0.2, -0.15) is 0 Å². The van der Waals surface area contributed by atoms with Crippen LogP contribution in [-0.4, -0.2) is 25.3 Å². The van der Waals surface area contributed by atoms with Gasteiger partial charge in [0.1, 0.15) is 6.61 Å². The summed E-state index contributed by atoms with van der Waals surface area (Å²) in [6, 6.07) is 0. The van der Waals surface area contributed by atoms with Crippen molar-refractivity contribution in [3.05, 3.63) is 0 Å². The van der Waals surface area contributed by atoms with Gasteiger partial charge in [-0.3, -0.25) is 0 Å². The Morgan fingerprint density at radius 2 is 1.69 bits per heavy atom. The zero-order valence-electron chi connectivity index (χ0n) is 11.0. The fourth-order valence-corrected chi connectivity index (χ4v) is 1.44. The summed E-state index contributed by atoms with van der Waals surface area (Å²) in [6.45, 7) is 6.65. The van der Waals surface area contributed by atoms with Crippen LogP contribution >= 0.6 is 0 Å². The maximum Gasteiger partial charge on any atom is 0.332 e. The van der Waals surface area contributed by atoms with Crippen LogP contribution in [0.5, 0.6) is 0 Å². The molecule has 96 valence electrons. The summed E-state index contributed by atoms with van der Waals surface area (Å²) >= 11 is 0. The van der Waals surface area contributed by atoms with Crippen molar-refractivity contribution in [2.75, 3.05) is 13.2 Å². The first-order valence-corrected chi connectivity index (χ1v) is 6.44. The molecule has 0 heterocycles. The van der Waals surface area contributed by atoms with Crippen LogP contribution in [0.15, 0.2) is 0 Å². The summed E-state index contributed by atoms with van der Waals surface area (Å²) in [5.41, 5.74) is 0. The molecule has 0 unspecified atom stereocenters. The van der Waals surface area contributed by atoms with E-state index in [1.807, 2.05) is 13.8 Å². The van der Waals surface area contributed by atoms with Gasteiger partial charge in [-0.15, -0.1) is 0 Å². The molecule has 0 rings (SSSR count). The third-order valence-electron chi connectivity index (χ3n) is 2.23. The molecule has 0 aliphatic rings. The van der Waals surface area contributed by atoms with Crippen LogP contribution in [0.25, 0.3) is 0 Å². The van der Waals surface area contributed by atoms with Crippen LogP contribution in [0.3, 0.4) is 0 Å². The van der Waals surface area contributed by atoms with Gasteiger partial charge < -0.3 is 9.47 Å². The number of unbranched alkanes of at least 4 members (excludes halogenated alkanes) is 5. The van der Waals surface area contributed by atoms with Crippen LogP contribution in [0.4, 0.5) is 0 Å². The first-order valence-electron chi connectivity index (χ1n) is 6.44. The first kappa shape index (κ1) is 15.4. The van der Waals surface area contributed by atoms with E-state index in [1.54, 1.807) is 0 Å². The predicted molar refractivity (Wildman–Crippen MR) is 65.4 cm³/mol. The number of carbonyl (C=O) groups excluding carboxylic acids is 1. The molecule has 0 fully saturated rings. The van der Waals surface area contributed by atoms with E-state index in [9.17, 15) is 4.79 Å². The average Bonchev–Trinajstić information content (AvgIpc) is 2.21.